The number of carbonyl (C=O) groups is 3. The number of H-pyrrole nitrogens is 1. The Morgan fingerprint density at radius 1 is 1.02 bits per heavy atom. The number of hydrogen-bond donors (Lipinski definition) is 4. The van der Waals surface area contributed by atoms with Crippen LogP contribution >= 0.6 is 23.2 Å². The van der Waals surface area contributed by atoms with Gasteiger partial charge in [-0.2, -0.15) is 18.4 Å². The third-order valence-electron chi connectivity index (χ3n) is 7.17. The van der Waals surface area contributed by atoms with Crippen molar-refractivity contribution < 1.29 is 41.4 Å². The molecule has 2 heterocycles. The maximum atomic E-state index is 15.5. The highest BCUT2D eigenvalue weighted by Crippen LogP contribution is 2.37. The number of carbonyl (C=O) groups excluding carboxylic acids is 3. The number of nitrogens with one attached hydrogen (secondary N) is 4. The predicted molar refractivity (Wildman–Crippen MR) is 163 cm³/mol. The highest BCUT2D eigenvalue weighted by molar-refractivity contribution is 6.32. The number of nitrogens with zero attached hydrogens (tertiary/aromatic N) is 1. The van der Waals surface area contributed by atoms with Crippen LogP contribution in [0.2, 0.25) is 10.0 Å². The number of hydrogen-bond acceptors (Lipinski definition) is 7. The quantitative estimate of drug-likeness (QED) is 0.120. The van der Waals surface area contributed by atoms with Gasteiger partial charge in [0.05, 0.1) is 22.2 Å². The summed E-state index contributed by atoms with van der Waals surface area (Å²) in [7, 11) is 0. The van der Waals surface area contributed by atoms with Crippen molar-refractivity contribution in [2.45, 2.75) is 25.6 Å². The molecule has 1 aliphatic rings. The second-order valence-corrected chi connectivity index (χ2v) is 11.3. The zero-order valence-corrected chi connectivity index (χ0v) is 25.5. The minimum Gasteiger partial charge on any atom is -0.453 e. The fourth-order valence-electron chi connectivity index (χ4n) is 4.86. The number of ether oxygens (including phenoxy) is 2. The van der Waals surface area contributed by atoms with E-state index in [1.807, 2.05) is 6.07 Å². The number of amides is 2. The summed E-state index contributed by atoms with van der Waals surface area (Å²) in [6, 6.07) is 12.6. The average Bonchev–Trinajstić information content (AvgIpc) is 3.39. The lowest BCUT2D eigenvalue weighted by molar-refractivity contribution is -0.189. The summed E-state index contributed by atoms with van der Waals surface area (Å²) < 4.78 is 65.3. The first-order valence-corrected chi connectivity index (χ1v) is 14.7. The number of halogens is 6. The van der Waals surface area contributed by atoms with E-state index in [0.717, 1.165) is 0 Å². The van der Waals surface area contributed by atoms with Crippen LogP contribution in [0.1, 0.15) is 34.5 Å². The summed E-state index contributed by atoms with van der Waals surface area (Å²) in [5.74, 6) is -6.34. The fourth-order valence-corrected chi connectivity index (χ4v) is 5.27. The van der Waals surface area contributed by atoms with E-state index in [1.54, 1.807) is 0 Å². The molecule has 1 aromatic heterocycles. The highest BCUT2D eigenvalue weighted by atomic mass is 35.5. The molecule has 0 radical (unpaired) electrons. The Balaban J connectivity index is 1.41. The highest BCUT2D eigenvalue weighted by Gasteiger charge is 2.42. The van der Waals surface area contributed by atoms with Crippen molar-refractivity contribution in [1.29, 1.82) is 5.26 Å². The summed E-state index contributed by atoms with van der Waals surface area (Å²) in [5, 5.41) is 17.3. The Morgan fingerprint density at radius 3 is 2.47 bits per heavy atom. The van der Waals surface area contributed by atoms with Crippen LogP contribution in [0.5, 0.6) is 17.2 Å². The summed E-state index contributed by atoms with van der Waals surface area (Å²) in [5.41, 5.74) is -0.231. The molecule has 244 valence electrons. The Labute approximate surface area is 273 Å². The van der Waals surface area contributed by atoms with Crippen LogP contribution in [0.15, 0.2) is 48.5 Å². The molecule has 1 saturated heterocycles. The maximum Gasteiger partial charge on any atom is 0.491 e. The van der Waals surface area contributed by atoms with Gasteiger partial charge in [-0.1, -0.05) is 29.3 Å². The van der Waals surface area contributed by atoms with E-state index in [2.05, 4.69) is 25.7 Å². The van der Waals surface area contributed by atoms with E-state index in [4.69, 9.17) is 33.2 Å². The first kappa shape index (κ1) is 33.5. The van der Waals surface area contributed by atoms with Crippen molar-refractivity contribution in [3.05, 3.63) is 81.2 Å². The number of nitriles is 1. The zero-order chi connectivity index (χ0) is 33.9. The summed E-state index contributed by atoms with van der Waals surface area (Å²) in [6.45, 7) is 0.811. The molecule has 0 bridgehead atoms. The first-order chi connectivity index (χ1) is 22.3. The van der Waals surface area contributed by atoms with Crippen LogP contribution in [-0.2, 0) is 16.1 Å². The number of piperidine rings is 1. The minimum absolute atomic E-state index is 0.0107. The fraction of sp³-hybridized carbons (Fsp3) is 0.226. The molecule has 4 N–H and O–H groups in total. The molecule has 2 amide bonds. The van der Waals surface area contributed by atoms with Crippen molar-refractivity contribution >= 4 is 57.6 Å². The van der Waals surface area contributed by atoms with Crippen LogP contribution in [-0.4, -0.2) is 42.0 Å². The average molecular weight is 692 g/mol. The van der Waals surface area contributed by atoms with Crippen molar-refractivity contribution in [2.24, 2.45) is 5.92 Å². The Morgan fingerprint density at radius 2 is 1.77 bits per heavy atom. The number of fused-ring (bicyclic) bond motifs is 1. The van der Waals surface area contributed by atoms with E-state index in [1.165, 1.54) is 48.5 Å². The van der Waals surface area contributed by atoms with Crippen molar-refractivity contribution in [3.8, 4) is 23.3 Å². The number of aromatic amines is 1. The number of alkyl halides is 3. The van der Waals surface area contributed by atoms with E-state index in [9.17, 15) is 27.6 Å². The molecule has 47 heavy (non-hydrogen) atoms. The molecule has 3 aromatic carbocycles. The van der Waals surface area contributed by atoms with Gasteiger partial charge in [0.1, 0.15) is 11.4 Å². The largest absolute Gasteiger partial charge is 0.491 e. The molecule has 0 saturated carbocycles. The van der Waals surface area contributed by atoms with E-state index in [-0.39, 0.29) is 55.3 Å². The van der Waals surface area contributed by atoms with Crippen LogP contribution in [0, 0.1) is 23.1 Å². The standard InChI is InChI=1S/C31H23Cl2F4N5O5/c32-18-9-15(13-38)10-20(11-18)46-27-22(33)3-1-17(24(27)34)14-40-29(44)25-26(47-30(45)31(35,36)37)21-12-19(2-4-23(21)42-25)41-28(43)16-5-7-39-8-6-16/h1-4,9-12,16,39,42H,5-8,14H2,(H,40,44)(H,41,43). The molecule has 10 nitrogen and oxygen atoms in total. The number of anilines is 1. The molecule has 1 fully saturated rings. The Bertz CT molecular complexity index is 1920. The molecular formula is C31H23Cl2F4N5O5. The minimum atomic E-state index is -5.39. The molecule has 4 aromatic rings. The van der Waals surface area contributed by atoms with Gasteiger partial charge in [-0.15, -0.1) is 0 Å². The zero-order valence-electron chi connectivity index (χ0n) is 24.0. The first-order valence-electron chi connectivity index (χ1n) is 13.9. The monoisotopic (exact) mass is 691 g/mol. The number of benzene rings is 3. The smallest absolute Gasteiger partial charge is 0.453 e. The van der Waals surface area contributed by atoms with Crippen LogP contribution in [0.25, 0.3) is 10.9 Å². The van der Waals surface area contributed by atoms with E-state index >= 15 is 4.39 Å². The van der Waals surface area contributed by atoms with Crippen LogP contribution in [0.3, 0.4) is 0 Å². The number of rotatable bonds is 8. The predicted octanol–water partition coefficient (Wildman–Crippen LogP) is 6.61. The number of esters is 1. The van der Waals surface area contributed by atoms with Gasteiger partial charge in [0.15, 0.2) is 17.3 Å². The number of aromatic nitrogens is 1. The van der Waals surface area contributed by atoms with Crippen molar-refractivity contribution in [3.63, 3.8) is 0 Å². The Hall–Kier alpha value is -4.84. The molecular weight excluding hydrogens is 669 g/mol. The second-order valence-electron chi connectivity index (χ2n) is 10.4. The van der Waals surface area contributed by atoms with Gasteiger partial charge in [-0.05, 0) is 68.4 Å². The lowest BCUT2D eigenvalue weighted by Crippen LogP contribution is -2.34. The molecule has 16 heteroatoms. The van der Waals surface area contributed by atoms with Gasteiger partial charge >= 0.3 is 12.1 Å². The van der Waals surface area contributed by atoms with Gasteiger partial charge in [0.2, 0.25) is 5.91 Å². The van der Waals surface area contributed by atoms with Gasteiger partial charge in [-0.3, -0.25) is 9.59 Å². The molecule has 0 atom stereocenters. The van der Waals surface area contributed by atoms with Crippen LogP contribution in [0.4, 0.5) is 23.2 Å². The summed E-state index contributed by atoms with van der Waals surface area (Å²) >= 11 is 12.1. The second kappa shape index (κ2) is 13.9. The van der Waals surface area contributed by atoms with E-state index in [0.29, 0.717) is 25.9 Å². The van der Waals surface area contributed by atoms with Crippen molar-refractivity contribution in [1.82, 2.24) is 15.6 Å². The third kappa shape index (κ3) is 7.76. The third-order valence-corrected chi connectivity index (χ3v) is 7.69. The van der Waals surface area contributed by atoms with Crippen molar-refractivity contribution in [2.75, 3.05) is 18.4 Å². The SMILES string of the molecule is N#Cc1cc(Cl)cc(Oc2c(Cl)ccc(CNC(=O)c3[nH]c4ccc(NC(=O)C5CCNCC5)cc4c3OC(=O)C(F)(F)F)c2F)c1. The van der Waals surface area contributed by atoms with E-state index < -0.39 is 47.6 Å². The lowest BCUT2D eigenvalue weighted by atomic mass is 9.97. The van der Waals surface area contributed by atoms with Gasteiger partial charge in [0.25, 0.3) is 5.91 Å². The van der Waals surface area contributed by atoms with Crippen LogP contribution < -0.4 is 25.4 Å². The normalized spacial score (nSPS) is 13.6. The molecule has 0 spiro atoms. The van der Waals surface area contributed by atoms with Gasteiger partial charge < -0.3 is 30.4 Å². The molecule has 1 aliphatic heterocycles. The Kier molecular flexibility index (Phi) is 9.90. The summed E-state index contributed by atoms with van der Waals surface area (Å²) in [6.07, 6.45) is -4.19. The maximum absolute atomic E-state index is 15.5. The molecule has 0 unspecified atom stereocenters. The lowest BCUT2D eigenvalue weighted by Gasteiger charge is -2.21. The molecule has 0 aliphatic carbocycles. The molecule has 5 rings (SSSR count). The topological polar surface area (TPSA) is 145 Å². The van der Waals surface area contributed by atoms with Gasteiger partial charge in [-0.25, -0.2) is 9.18 Å². The summed E-state index contributed by atoms with van der Waals surface area (Å²) in [4.78, 5) is 40.5. The van der Waals surface area contributed by atoms with Gasteiger partial charge in [0, 0.05) is 34.1 Å².